The largest absolute Gasteiger partial charge is 0.313 e. The fraction of sp³-hybridized carbons (Fsp3) is 0.600. The summed E-state index contributed by atoms with van der Waals surface area (Å²) in [6.45, 7) is 2.70. The molecule has 2 atom stereocenters. The molecule has 0 saturated carbocycles. The standard InChI is InChI=1S/C15H21F2NO2S/c1-2-7-18-15(11-6-8-21(19,20)10-11)9-12-13(16)4-3-5-14(12)17/h3-5,11,15,18H,2,6-10H2,1H3. The van der Waals surface area contributed by atoms with E-state index in [1.165, 1.54) is 18.2 Å². The molecule has 2 unspecified atom stereocenters. The van der Waals surface area contributed by atoms with Gasteiger partial charge in [0.05, 0.1) is 11.5 Å². The van der Waals surface area contributed by atoms with E-state index in [9.17, 15) is 17.2 Å². The van der Waals surface area contributed by atoms with Crippen LogP contribution < -0.4 is 5.32 Å². The highest BCUT2D eigenvalue weighted by atomic mass is 32.2. The molecule has 1 aromatic rings. The molecule has 1 aliphatic heterocycles. The van der Waals surface area contributed by atoms with E-state index < -0.39 is 21.5 Å². The first-order valence-corrected chi connectivity index (χ1v) is 9.11. The Hall–Kier alpha value is -1.01. The average Bonchev–Trinajstić information content (AvgIpc) is 2.78. The van der Waals surface area contributed by atoms with Crippen molar-refractivity contribution in [3.63, 3.8) is 0 Å². The monoisotopic (exact) mass is 317 g/mol. The molecule has 1 saturated heterocycles. The Morgan fingerprint density at radius 1 is 1.33 bits per heavy atom. The fourth-order valence-electron chi connectivity index (χ4n) is 2.82. The van der Waals surface area contributed by atoms with E-state index in [1.807, 2.05) is 6.92 Å². The predicted molar refractivity (Wildman–Crippen MR) is 78.9 cm³/mol. The quantitative estimate of drug-likeness (QED) is 0.876. The van der Waals surface area contributed by atoms with Gasteiger partial charge in [0.2, 0.25) is 0 Å². The molecule has 2 rings (SSSR count). The Kier molecular flexibility index (Phi) is 5.32. The minimum Gasteiger partial charge on any atom is -0.313 e. The van der Waals surface area contributed by atoms with Crippen molar-refractivity contribution in [2.45, 2.75) is 32.2 Å². The van der Waals surface area contributed by atoms with Crippen LogP contribution in [-0.4, -0.2) is 32.5 Å². The lowest BCUT2D eigenvalue weighted by atomic mass is 9.92. The number of hydrogen-bond acceptors (Lipinski definition) is 3. The lowest BCUT2D eigenvalue weighted by Crippen LogP contribution is -2.39. The van der Waals surface area contributed by atoms with Gasteiger partial charge in [-0.15, -0.1) is 0 Å². The van der Waals surface area contributed by atoms with Gasteiger partial charge in [-0.2, -0.15) is 0 Å². The molecule has 1 heterocycles. The highest BCUT2D eigenvalue weighted by Crippen LogP contribution is 2.25. The summed E-state index contributed by atoms with van der Waals surface area (Å²) in [5.74, 6) is -0.953. The number of rotatable bonds is 6. The SMILES string of the molecule is CCCNC(Cc1c(F)cccc1F)C1CCS(=O)(=O)C1. The average molecular weight is 317 g/mol. The molecule has 6 heteroatoms. The van der Waals surface area contributed by atoms with Crippen molar-refractivity contribution in [2.75, 3.05) is 18.1 Å². The van der Waals surface area contributed by atoms with Crippen LogP contribution in [0.4, 0.5) is 8.78 Å². The van der Waals surface area contributed by atoms with Crippen LogP contribution in [0.5, 0.6) is 0 Å². The molecule has 0 radical (unpaired) electrons. The van der Waals surface area contributed by atoms with Crippen LogP contribution in [0.2, 0.25) is 0 Å². The van der Waals surface area contributed by atoms with Gasteiger partial charge in [-0.3, -0.25) is 0 Å². The van der Waals surface area contributed by atoms with Gasteiger partial charge in [0.1, 0.15) is 11.6 Å². The summed E-state index contributed by atoms with van der Waals surface area (Å²) in [4.78, 5) is 0. The molecule has 0 spiro atoms. The van der Waals surface area contributed by atoms with Gasteiger partial charge in [-0.1, -0.05) is 13.0 Å². The van der Waals surface area contributed by atoms with Gasteiger partial charge in [-0.05, 0) is 43.9 Å². The summed E-state index contributed by atoms with van der Waals surface area (Å²) < 4.78 is 50.8. The molecule has 0 bridgehead atoms. The highest BCUT2D eigenvalue weighted by molar-refractivity contribution is 7.91. The summed E-state index contributed by atoms with van der Waals surface area (Å²) in [7, 11) is -3.01. The second-order valence-electron chi connectivity index (χ2n) is 5.63. The minimum atomic E-state index is -3.01. The first-order valence-electron chi connectivity index (χ1n) is 7.29. The van der Waals surface area contributed by atoms with Gasteiger partial charge in [0.15, 0.2) is 9.84 Å². The molecule has 1 fully saturated rings. The Balaban J connectivity index is 2.17. The van der Waals surface area contributed by atoms with E-state index in [0.717, 1.165) is 6.42 Å². The summed E-state index contributed by atoms with van der Waals surface area (Å²) in [5.41, 5.74) is 0.0374. The molecule has 3 nitrogen and oxygen atoms in total. The number of hydrogen-bond donors (Lipinski definition) is 1. The number of nitrogens with one attached hydrogen (secondary N) is 1. The zero-order valence-electron chi connectivity index (χ0n) is 12.1. The summed E-state index contributed by atoms with van der Waals surface area (Å²) in [6.07, 6.45) is 1.62. The normalized spacial score (nSPS) is 22.3. The maximum absolute atomic E-state index is 13.8. The van der Waals surface area contributed by atoms with Crippen LogP contribution in [0, 0.1) is 17.6 Å². The van der Waals surface area contributed by atoms with Crippen molar-refractivity contribution in [1.82, 2.24) is 5.32 Å². The van der Waals surface area contributed by atoms with Crippen LogP contribution in [0.1, 0.15) is 25.3 Å². The Labute approximate surface area is 124 Å². The van der Waals surface area contributed by atoms with Crippen LogP contribution >= 0.6 is 0 Å². The van der Waals surface area contributed by atoms with Crippen molar-refractivity contribution in [2.24, 2.45) is 5.92 Å². The van der Waals surface area contributed by atoms with Gasteiger partial charge in [0.25, 0.3) is 0 Å². The topological polar surface area (TPSA) is 46.2 Å². The van der Waals surface area contributed by atoms with E-state index in [0.29, 0.717) is 13.0 Å². The maximum Gasteiger partial charge on any atom is 0.150 e. The third-order valence-corrected chi connectivity index (χ3v) is 5.77. The molecule has 21 heavy (non-hydrogen) atoms. The Bertz CT molecular complexity index is 569. The molecular weight excluding hydrogens is 296 g/mol. The molecular formula is C15H21F2NO2S. The minimum absolute atomic E-state index is 0.0374. The van der Waals surface area contributed by atoms with Crippen LogP contribution in [0.15, 0.2) is 18.2 Å². The van der Waals surface area contributed by atoms with Gasteiger partial charge < -0.3 is 5.32 Å². The molecule has 0 aliphatic carbocycles. The van der Waals surface area contributed by atoms with E-state index in [4.69, 9.17) is 0 Å². The smallest absolute Gasteiger partial charge is 0.150 e. The third-order valence-electron chi connectivity index (χ3n) is 3.98. The zero-order valence-corrected chi connectivity index (χ0v) is 12.9. The predicted octanol–water partition coefficient (Wildman–Crippen LogP) is 2.31. The first-order chi connectivity index (χ1) is 9.93. The highest BCUT2D eigenvalue weighted by Gasteiger charge is 2.34. The number of sulfone groups is 1. The molecule has 0 amide bonds. The van der Waals surface area contributed by atoms with Gasteiger partial charge in [-0.25, -0.2) is 17.2 Å². The van der Waals surface area contributed by atoms with Crippen LogP contribution in [0.3, 0.4) is 0 Å². The Morgan fingerprint density at radius 3 is 2.52 bits per heavy atom. The fourth-order valence-corrected chi connectivity index (χ4v) is 4.70. The van der Waals surface area contributed by atoms with Crippen LogP contribution in [0.25, 0.3) is 0 Å². The first kappa shape index (κ1) is 16.4. The number of benzene rings is 1. The second kappa shape index (κ2) is 6.83. The van der Waals surface area contributed by atoms with E-state index in [1.54, 1.807) is 0 Å². The van der Waals surface area contributed by atoms with Gasteiger partial charge in [0, 0.05) is 11.6 Å². The third kappa shape index (κ3) is 4.23. The molecule has 1 aliphatic rings. The summed E-state index contributed by atoms with van der Waals surface area (Å²) in [5, 5.41) is 3.25. The van der Waals surface area contributed by atoms with Crippen LogP contribution in [-0.2, 0) is 16.3 Å². The van der Waals surface area contributed by atoms with E-state index >= 15 is 0 Å². The number of halogens is 2. The Morgan fingerprint density at radius 2 is 2.00 bits per heavy atom. The van der Waals surface area contributed by atoms with E-state index in [2.05, 4.69) is 5.32 Å². The van der Waals surface area contributed by atoms with E-state index in [-0.39, 0.29) is 35.4 Å². The summed E-state index contributed by atoms with van der Waals surface area (Å²) in [6, 6.07) is 3.60. The lowest BCUT2D eigenvalue weighted by molar-refractivity contribution is 0.370. The second-order valence-corrected chi connectivity index (χ2v) is 7.86. The van der Waals surface area contributed by atoms with Gasteiger partial charge >= 0.3 is 0 Å². The lowest BCUT2D eigenvalue weighted by Gasteiger charge is -2.24. The summed E-state index contributed by atoms with van der Waals surface area (Å²) >= 11 is 0. The zero-order chi connectivity index (χ0) is 15.5. The molecule has 1 N–H and O–H groups in total. The molecule has 118 valence electrons. The molecule has 1 aromatic carbocycles. The molecule has 0 aromatic heterocycles. The maximum atomic E-state index is 13.8. The van der Waals surface area contributed by atoms with Crippen molar-refractivity contribution < 1.29 is 17.2 Å². The van der Waals surface area contributed by atoms with Crippen molar-refractivity contribution in [3.05, 3.63) is 35.4 Å². The van der Waals surface area contributed by atoms with Crippen molar-refractivity contribution in [1.29, 1.82) is 0 Å². The van der Waals surface area contributed by atoms with Crippen molar-refractivity contribution >= 4 is 9.84 Å². The van der Waals surface area contributed by atoms with Crippen molar-refractivity contribution in [3.8, 4) is 0 Å².